The van der Waals surface area contributed by atoms with Gasteiger partial charge in [-0.25, -0.2) is 0 Å². The first-order valence-corrected chi connectivity index (χ1v) is 10.8. The fourth-order valence-electron chi connectivity index (χ4n) is 3.95. The number of hydrogen-bond donors (Lipinski definition) is 1. The lowest BCUT2D eigenvalue weighted by molar-refractivity contribution is -0.137. The Morgan fingerprint density at radius 3 is 2.58 bits per heavy atom. The molecule has 0 atom stereocenters. The number of hydrogen-bond acceptors (Lipinski definition) is 2. The van der Waals surface area contributed by atoms with Crippen molar-refractivity contribution in [1.29, 1.82) is 0 Å². The lowest BCUT2D eigenvalue weighted by atomic mass is 9.89. The second-order valence-electron chi connectivity index (χ2n) is 7.88. The molecule has 0 saturated heterocycles. The van der Waals surface area contributed by atoms with E-state index in [2.05, 4.69) is 16.4 Å². The number of benzene rings is 2. The normalized spacial score (nSPS) is 15.0. The minimum absolute atomic E-state index is 0.292. The van der Waals surface area contributed by atoms with E-state index in [0.717, 1.165) is 59.7 Å². The zero-order valence-corrected chi connectivity index (χ0v) is 17.9. The summed E-state index contributed by atoms with van der Waals surface area (Å²) in [6.07, 6.45) is 9.96. The van der Waals surface area contributed by atoms with Gasteiger partial charge in [-0.15, -0.1) is 0 Å². The van der Waals surface area contributed by atoms with E-state index < -0.39 is 11.7 Å². The highest BCUT2D eigenvalue weighted by Gasteiger charge is 2.30. The third-order valence-electron chi connectivity index (χ3n) is 5.61. The number of amides is 1. The Balaban J connectivity index is 1.57. The third kappa shape index (κ3) is 5.58. The van der Waals surface area contributed by atoms with Crippen LogP contribution in [-0.4, -0.2) is 10.9 Å². The molecule has 0 bridgehead atoms. The predicted octanol–water partition coefficient (Wildman–Crippen LogP) is 7.33. The van der Waals surface area contributed by atoms with Gasteiger partial charge in [0, 0.05) is 34.9 Å². The average molecular weight is 448 g/mol. The molecule has 2 aromatic carbocycles. The fraction of sp³-hybridized carbons (Fsp3) is 0.185. The van der Waals surface area contributed by atoms with Gasteiger partial charge < -0.3 is 5.32 Å². The maximum absolute atomic E-state index is 13.0. The van der Waals surface area contributed by atoms with E-state index in [1.807, 2.05) is 24.3 Å². The van der Waals surface area contributed by atoms with E-state index in [9.17, 15) is 18.0 Å². The summed E-state index contributed by atoms with van der Waals surface area (Å²) in [6, 6.07) is 12.6. The van der Waals surface area contributed by atoms with Crippen LogP contribution in [0, 0.1) is 0 Å². The van der Waals surface area contributed by atoms with Crippen molar-refractivity contribution < 1.29 is 18.0 Å². The Hall–Kier alpha value is -3.67. The van der Waals surface area contributed by atoms with E-state index in [1.54, 1.807) is 24.5 Å². The number of anilines is 1. The van der Waals surface area contributed by atoms with Gasteiger partial charge in [0.15, 0.2) is 0 Å². The molecule has 1 N–H and O–H groups in total. The molecule has 1 amide bonds. The highest BCUT2D eigenvalue weighted by Crippen LogP contribution is 2.34. The number of nitrogens with zero attached hydrogens (tertiary/aromatic N) is 1. The van der Waals surface area contributed by atoms with Crippen molar-refractivity contribution >= 4 is 27.9 Å². The van der Waals surface area contributed by atoms with Gasteiger partial charge in [-0.1, -0.05) is 42.5 Å². The van der Waals surface area contributed by atoms with E-state index in [1.165, 1.54) is 18.2 Å². The minimum Gasteiger partial charge on any atom is -0.322 e. The molecule has 0 radical (unpaired) electrons. The number of carbonyl (C=O) groups is 1. The van der Waals surface area contributed by atoms with E-state index >= 15 is 0 Å². The molecule has 0 unspecified atom stereocenters. The second kappa shape index (κ2) is 9.86. The number of fused-ring (bicyclic) bond motifs is 1. The Kier molecular flexibility index (Phi) is 6.73. The number of halogens is 3. The lowest BCUT2D eigenvalue weighted by Crippen LogP contribution is -2.08. The van der Waals surface area contributed by atoms with Gasteiger partial charge in [0.2, 0.25) is 5.91 Å². The summed E-state index contributed by atoms with van der Waals surface area (Å²) >= 11 is 0. The van der Waals surface area contributed by atoms with Crippen molar-refractivity contribution in [2.24, 2.45) is 0 Å². The Labute approximate surface area is 190 Å². The summed E-state index contributed by atoms with van der Waals surface area (Å²) in [5, 5.41) is 4.70. The molecule has 0 spiro atoms. The van der Waals surface area contributed by atoms with Gasteiger partial charge in [-0.2, -0.15) is 13.2 Å². The molecule has 0 aliphatic heterocycles. The van der Waals surface area contributed by atoms with Crippen molar-refractivity contribution in [3.63, 3.8) is 0 Å². The van der Waals surface area contributed by atoms with Crippen LogP contribution in [-0.2, 0) is 11.0 Å². The van der Waals surface area contributed by atoms with Crippen LogP contribution in [0.1, 0.15) is 36.8 Å². The van der Waals surface area contributed by atoms with E-state index in [4.69, 9.17) is 0 Å². The molecule has 1 heterocycles. The first-order valence-electron chi connectivity index (χ1n) is 10.8. The number of nitrogens with one attached hydrogen (secondary N) is 1. The monoisotopic (exact) mass is 448 g/mol. The first kappa shape index (κ1) is 22.5. The summed E-state index contributed by atoms with van der Waals surface area (Å²) in [5.74, 6) is -0.292. The molecule has 3 nitrogen and oxygen atoms in total. The largest absolute Gasteiger partial charge is 0.416 e. The van der Waals surface area contributed by atoms with Gasteiger partial charge in [0.25, 0.3) is 0 Å². The van der Waals surface area contributed by atoms with Crippen LogP contribution in [0.4, 0.5) is 18.9 Å². The Morgan fingerprint density at radius 2 is 1.85 bits per heavy atom. The number of aromatic nitrogens is 1. The number of carbonyl (C=O) groups excluding carboxylic acids is 1. The van der Waals surface area contributed by atoms with Crippen LogP contribution in [0.15, 0.2) is 90.8 Å². The van der Waals surface area contributed by atoms with Crippen LogP contribution < -0.4 is 5.32 Å². The SMILES string of the molecule is O=C(/C=C/C=C(\C1=CCCCC1)c1ccc(C(F)(F)F)cc1)Nc1cccc2cnccc12. The number of alkyl halides is 3. The van der Waals surface area contributed by atoms with Gasteiger partial charge in [0.1, 0.15) is 0 Å². The standard InChI is InChI=1S/C27H23F3N2O/c28-27(29,30)22-14-12-20(13-15-22)23(19-6-2-1-3-7-19)9-5-11-26(33)32-25-10-4-8-21-18-31-17-16-24(21)25/h4-6,8-18H,1-3,7H2,(H,32,33)/b11-5+,23-9+. The topological polar surface area (TPSA) is 42.0 Å². The summed E-state index contributed by atoms with van der Waals surface area (Å²) in [4.78, 5) is 16.6. The zero-order valence-electron chi connectivity index (χ0n) is 17.9. The van der Waals surface area contributed by atoms with Crippen molar-refractivity contribution in [1.82, 2.24) is 4.98 Å². The van der Waals surface area contributed by atoms with E-state index in [0.29, 0.717) is 11.3 Å². The van der Waals surface area contributed by atoms with Gasteiger partial charge in [-0.05, 0) is 66.7 Å². The quantitative estimate of drug-likeness (QED) is 0.328. The molecule has 1 aliphatic rings. The summed E-state index contributed by atoms with van der Waals surface area (Å²) < 4.78 is 38.9. The van der Waals surface area contributed by atoms with Crippen LogP contribution in [0.3, 0.4) is 0 Å². The molecule has 0 fully saturated rings. The number of pyridine rings is 1. The summed E-state index contributed by atoms with van der Waals surface area (Å²) in [5.41, 5.74) is 2.63. The van der Waals surface area contributed by atoms with Crippen molar-refractivity contribution in [2.75, 3.05) is 5.32 Å². The van der Waals surface area contributed by atoms with Crippen LogP contribution in [0.2, 0.25) is 0 Å². The molecule has 1 aromatic heterocycles. The van der Waals surface area contributed by atoms with Gasteiger partial charge in [0.05, 0.1) is 5.56 Å². The van der Waals surface area contributed by atoms with Crippen LogP contribution in [0.5, 0.6) is 0 Å². The number of rotatable bonds is 5. The van der Waals surface area contributed by atoms with Crippen LogP contribution in [0.25, 0.3) is 16.3 Å². The van der Waals surface area contributed by atoms with E-state index in [-0.39, 0.29) is 5.91 Å². The molecule has 33 heavy (non-hydrogen) atoms. The molecule has 168 valence electrons. The van der Waals surface area contributed by atoms with Gasteiger partial charge in [-0.3, -0.25) is 9.78 Å². The maximum atomic E-state index is 13.0. The smallest absolute Gasteiger partial charge is 0.322 e. The van der Waals surface area contributed by atoms with Crippen molar-refractivity contribution in [2.45, 2.75) is 31.9 Å². The number of allylic oxidation sites excluding steroid dienone is 5. The summed E-state index contributed by atoms with van der Waals surface area (Å²) in [6.45, 7) is 0. The highest BCUT2D eigenvalue weighted by atomic mass is 19.4. The predicted molar refractivity (Wildman–Crippen MR) is 125 cm³/mol. The Morgan fingerprint density at radius 1 is 1.03 bits per heavy atom. The molecule has 3 aromatic rings. The minimum atomic E-state index is -4.37. The molecular weight excluding hydrogens is 425 g/mol. The molecular formula is C27H23F3N2O. The maximum Gasteiger partial charge on any atom is 0.416 e. The molecule has 1 aliphatic carbocycles. The van der Waals surface area contributed by atoms with Gasteiger partial charge >= 0.3 is 6.18 Å². The summed E-state index contributed by atoms with van der Waals surface area (Å²) in [7, 11) is 0. The second-order valence-corrected chi connectivity index (χ2v) is 7.88. The highest BCUT2D eigenvalue weighted by molar-refractivity contribution is 6.06. The molecule has 4 rings (SSSR count). The molecule has 6 heteroatoms. The zero-order chi connectivity index (χ0) is 23.3. The lowest BCUT2D eigenvalue weighted by Gasteiger charge is -2.17. The van der Waals surface area contributed by atoms with Crippen molar-refractivity contribution in [3.05, 3.63) is 102 Å². The average Bonchev–Trinajstić information content (AvgIpc) is 2.82. The molecule has 0 saturated carbocycles. The fourth-order valence-corrected chi connectivity index (χ4v) is 3.95. The van der Waals surface area contributed by atoms with Crippen LogP contribution >= 0.6 is 0 Å². The Bertz CT molecular complexity index is 1230. The third-order valence-corrected chi connectivity index (χ3v) is 5.61. The first-order chi connectivity index (χ1) is 15.9. The van der Waals surface area contributed by atoms with Crippen molar-refractivity contribution in [3.8, 4) is 0 Å².